The molecule has 0 aromatic heterocycles. The van der Waals surface area contributed by atoms with Crippen molar-refractivity contribution in [1.82, 2.24) is 0 Å². The SMILES string of the molecule is COC1=C(O)c2c1cccc2-c1c(C)cc(OC[C@H]2COC(C)(C)O2)cc1C. The molecule has 2 aliphatic rings. The van der Waals surface area contributed by atoms with E-state index in [9.17, 15) is 5.11 Å². The zero-order chi connectivity index (χ0) is 20.1. The second-order valence-electron chi connectivity index (χ2n) is 7.80. The third kappa shape index (κ3) is 3.15. The molecule has 5 heteroatoms. The molecule has 0 saturated carbocycles. The Balaban J connectivity index is 1.58. The Hall–Kier alpha value is -2.50. The van der Waals surface area contributed by atoms with Crippen LogP contribution in [0.4, 0.5) is 0 Å². The van der Waals surface area contributed by atoms with Gasteiger partial charge in [-0.15, -0.1) is 0 Å². The van der Waals surface area contributed by atoms with Gasteiger partial charge in [-0.25, -0.2) is 0 Å². The Labute approximate surface area is 165 Å². The standard InChI is InChI=1S/C23H26O5/c1-13-9-15(26-11-16-12-27-23(3,4)28-16)10-14(2)19(13)17-7-6-8-18-20(17)21(24)22(18)25-5/h6-10,16,24H,11-12H2,1-5H3/t16-/m0/s1. The van der Waals surface area contributed by atoms with Crippen molar-refractivity contribution in [2.75, 3.05) is 20.3 Å². The number of rotatable bonds is 5. The molecule has 1 aliphatic heterocycles. The fourth-order valence-electron chi connectivity index (χ4n) is 4.06. The highest BCUT2D eigenvalue weighted by Crippen LogP contribution is 2.46. The summed E-state index contributed by atoms with van der Waals surface area (Å²) in [4.78, 5) is 0. The Kier molecular flexibility index (Phi) is 4.60. The predicted octanol–water partition coefficient (Wildman–Crippen LogP) is 4.84. The van der Waals surface area contributed by atoms with E-state index in [1.165, 1.54) is 0 Å². The monoisotopic (exact) mass is 382 g/mol. The van der Waals surface area contributed by atoms with Gasteiger partial charge in [0.2, 0.25) is 0 Å². The minimum atomic E-state index is -0.546. The molecule has 0 radical (unpaired) electrons. The summed E-state index contributed by atoms with van der Waals surface area (Å²) in [7, 11) is 1.57. The van der Waals surface area contributed by atoms with Crippen LogP contribution < -0.4 is 4.74 Å². The van der Waals surface area contributed by atoms with E-state index in [2.05, 4.69) is 13.8 Å². The summed E-state index contributed by atoms with van der Waals surface area (Å²) < 4.78 is 22.6. The summed E-state index contributed by atoms with van der Waals surface area (Å²) in [5.74, 6) is 1.02. The van der Waals surface area contributed by atoms with Crippen LogP contribution in [0.3, 0.4) is 0 Å². The van der Waals surface area contributed by atoms with Gasteiger partial charge < -0.3 is 24.1 Å². The van der Waals surface area contributed by atoms with Gasteiger partial charge in [0.05, 0.1) is 13.7 Å². The van der Waals surface area contributed by atoms with Gasteiger partial charge in [-0.1, -0.05) is 18.2 Å². The maximum absolute atomic E-state index is 10.4. The summed E-state index contributed by atoms with van der Waals surface area (Å²) in [5, 5.41) is 10.4. The van der Waals surface area contributed by atoms with Crippen molar-refractivity contribution in [2.45, 2.75) is 39.6 Å². The first-order chi connectivity index (χ1) is 13.3. The summed E-state index contributed by atoms with van der Waals surface area (Å²) in [6, 6.07) is 10.0. The van der Waals surface area contributed by atoms with Crippen LogP contribution in [0.25, 0.3) is 22.6 Å². The lowest BCUT2D eigenvalue weighted by molar-refractivity contribution is -0.141. The number of aliphatic hydroxyl groups excluding tert-OH is 1. The predicted molar refractivity (Wildman–Crippen MR) is 108 cm³/mol. The highest BCUT2D eigenvalue weighted by atomic mass is 16.7. The molecule has 1 heterocycles. The Bertz CT molecular complexity index is 934. The molecule has 2 aromatic rings. The summed E-state index contributed by atoms with van der Waals surface area (Å²) in [5.41, 5.74) is 6.08. The molecular weight excluding hydrogens is 356 g/mol. The van der Waals surface area contributed by atoms with Crippen LogP contribution in [0, 0.1) is 13.8 Å². The number of aliphatic hydroxyl groups is 1. The minimum Gasteiger partial charge on any atom is -0.504 e. The molecule has 0 unspecified atom stereocenters. The van der Waals surface area contributed by atoms with E-state index in [1.54, 1.807) is 7.11 Å². The lowest BCUT2D eigenvalue weighted by Crippen LogP contribution is -2.25. The van der Waals surface area contributed by atoms with Crippen molar-refractivity contribution >= 4 is 11.5 Å². The average Bonchev–Trinajstić information content (AvgIpc) is 2.98. The first-order valence-corrected chi connectivity index (χ1v) is 9.48. The molecule has 1 aliphatic carbocycles. The smallest absolute Gasteiger partial charge is 0.169 e. The molecule has 148 valence electrons. The third-order valence-corrected chi connectivity index (χ3v) is 5.24. The molecule has 4 rings (SSSR count). The molecular formula is C23H26O5. The average molecular weight is 382 g/mol. The number of benzene rings is 2. The largest absolute Gasteiger partial charge is 0.504 e. The van der Waals surface area contributed by atoms with Crippen molar-refractivity contribution in [2.24, 2.45) is 0 Å². The topological polar surface area (TPSA) is 57.2 Å². The van der Waals surface area contributed by atoms with Gasteiger partial charge >= 0.3 is 0 Å². The third-order valence-electron chi connectivity index (χ3n) is 5.24. The number of aryl methyl sites for hydroxylation is 2. The second kappa shape index (κ2) is 6.83. The van der Waals surface area contributed by atoms with E-state index >= 15 is 0 Å². The molecule has 0 bridgehead atoms. The molecule has 5 nitrogen and oxygen atoms in total. The zero-order valence-electron chi connectivity index (χ0n) is 17.0. The zero-order valence-corrected chi connectivity index (χ0v) is 17.0. The highest BCUT2D eigenvalue weighted by Gasteiger charge is 2.33. The summed E-state index contributed by atoms with van der Waals surface area (Å²) >= 11 is 0. The Morgan fingerprint density at radius 1 is 1.11 bits per heavy atom. The van der Waals surface area contributed by atoms with Gasteiger partial charge in [-0.05, 0) is 62.1 Å². The van der Waals surface area contributed by atoms with Crippen molar-refractivity contribution in [3.05, 3.63) is 52.6 Å². The van der Waals surface area contributed by atoms with Crippen LogP contribution >= 0.6 is 0 Å². The van der Waals surface area contributed by atoms with E-state index in [1.807, 2.05) is 44.2 Å². The van der Waals surface area contributed by atoms with E-state index in [0.29, 0.717) is 19.0 Å². The van der Waals surface area contributed by atoms with Crippen LogP contribution in [0.2, 0.25) is 0 Å². The van der Waals surface area contributed by atoms with Gasteiger partial charge in [0.25, 0.3) is 0 Å². The molecule has 28 heavy (non-hydrogen) atoms. The maximum atomic E-state index is 10.4. The quantitative estimate of drug-likeness (QED) is 0.802. The van der Waals surface area contributed by atoms with Crippen molar-refractivity contribution in [3.8, 4) is 16.9 Å². The number of ether oxygens (including phenoxy) is 4. The van der Waals surface area contributed by atoms with Crippen LogP contribution in [0.15, 0.2) is 30.3 Å². The molecule has 1 saturated heterocycles. The lowest BCUT2D eigenvalue weighted by atomic mass is 9.83. The molecule has 0 amide bonds. The first kappa shape index (κ1) is 18.8. The van der Waals surface area contributed by atoms with E-state index in [0.717, 1.165) is 39.1 Å². The number of hydrogen-bond acceptors (Lipinski definition) is 5. The number of fused-ring (bicyclic) bond motifs is 1. The van der Waals surface area contributed by atoms with Gasteiger partial charge in [0, 0.05) is 11.1 Å². The van der Waals surface area contributed by atoms with Gasteiger partial charge in [-0.2, -0.15) is 0 Å². The van der Waals surface area contributed by atoms with E-state index < -0.39 is 5.79 Å². The fraction of sp³-hybridized carbons (Fsp3) is 0.391. The first-order valence-electron chi connectivity index (χ1n) is 9.48. The van der Waals surface area contributed by atoms with E-state index in [-0.39, 0.29) is 11.9 Å². The maximum Gasteiger partial charge on any atom is 0.169 e. The lowest BCUT2D eigenvalue weighted by Gasteiger charge is -2.26. The molecule has 0 spiro atoms. The Morgan fingerprint density at radius 2 is 1.79 bits per heavy atom. The normalized spacial score (nSPS) is 20.0. The van der Waals surface area contributed by atoms with Crippen molar-refractivity contribution in [1.29, 1.82) is 0 Å². The van der Waals surface area contributed by atoms with Crippen LogP contribution in [-0.4, -0.2) is 37.3 Å². The fourth-order valence-corrected chi connectivity index (χ4v) is 4.06. The second-order valence-corrected chi connectivity index (χ2v) is 7.80. The molecule has 1 fully saturated rings. The number of hydrogen-bond donors (Lipinski definition) is 1. The van der Waals surface area contributed by atoms with Gasteiger partial charge in [0.15, 0.2) is 17.3 Å². The van der Waals surface area contributed by atoms with Crippen molar-refractivity contribution < 1.29 is 24.1 Å². The minimum absolute atomic E-state index is 0.0706. The molecule has 1 N–H and O–H groups in total. The highest BCUT2D eigenvalue weighted by molar-refractivity contribution is 6.03. The summed E-state index contributed by atoms with van der Waals surface area (Å²) in [6.45, 7) is 8.91. The Morgan fingerprint density at radius 3 is 2.39 bits per heavy atom. The van der Waals surface area contributed by atoms with Crippen LogP contribution in [0.1, 0.15) is 36.1 Å². The van der Waals surface area contributed by atoms with Crippen molar-refractivity contribution in [3.63, 3.8) is 0 Å². The molecule has 2 aromatic carbocycles. The van der Waals surface area contributed by atoms with Crippen LogP contribution in [0.5, 0.6) is 5.75 Å². The molecule has 1 atom stereocenters. The van der Waals surface area contributed by atoms with Crippen LogP contribution in [-0.2, 0) is 14.2 Å². The van der Waals surface area contributed by atoms with Gasteiger partial charge in [-0.3, -0.25) is 0 Å². The summed E-state index contributed by atoms with van der Waals surface area (Å²) in [6.07, 6.45) is -0.0706. The number of methoxy groups -OCH3 is 1. The van der Waals surface area contributed by atoms with E-state index in [4.69, 9.17) is 18.9 Å². The van der Waals surface area contributed by atoms with Gasteiger partial charge in [0.1, 0.15) is 18.5 Å².